The minimum atomic E-state index is -0.606. The van der Waals surface area contributed by atoms with E-state index in [0.717, 1.165) is 0 Å². The van der Waals surface area contributed by atoms with Gasteiger partial charge in [-0.1, -0.05) is 0 Å². The van der Waals surface area contributed by atoms with Gasteiger partial charge in [-0.25, -0.2) is 0 Å². The van der Waals surface area contributed by atoms with Crippen LogP contribution >= 0.6 is 0 Å². The molecule has 0 fully saturated rings. The normalized spacial score (nSPS) is 10.0. The predicted octanol–water partition coefficient (Wildman–Crippen LogP) is 1.25. The molecule has 88 valence electrons. The summed E-state index contributed by atoms with van der Waals surface area (Å²) in [7, 11) is 4.34. The van der Waals surface area contributed by atoms with Gasteiger partial charge in [0.2, 0.25) is 5.82 Å². The lowest BCUT2D eigenvalue weighted by atomic mass is 10.1. The number of ketones is 1. The highest BCUT2D eigenvalue weighted by atomic mass is 19.1. The molecule has 0 amide bonds. The summed E-state index contributed by atoms with van der Waals surface area (Å²) in [6, 6.07) is 2.72. The van der Waals surface area contributed by atoms with E-state index in [4.69, 9.17) is 9.47 Å². The number of carbonyl (C=O) groups excluding carboxylic acids is 1. The van der Waals surface area contributed by atoms with E-state index in [1.807, 2.05) is 0 Å². The van der Waals surface area contributed by atoms with Gasteiger partial charge < -0.3 is 14.8 Å². The van der Waals surface area contributed by atoms with Gasteiger partial charge in [0.1, 0.15) is 0 Å². The van der Waals surface area contributed by atoms with Crippen molar-refractivity contribution in [1.29, 1.82) is 0 Å². The number of hydrogen-bond acceptors (Lipinski definition) is 4. The maximum absolute atomic E-state index is 13.5. The smallest absolute Gasteiger partial charge is 0.206 e. The first-order chi connectivity index (χ1) is 7.63. The fourth-order valence-corrected chi connectivity index (χ4v) is 1.29. The molecule has 0 heterocycles. The van der Waals surface area contributed by atoms with E-state index in [-0.39, 0.29) is 23.8 Å². The first-order valence-corrected chi connectivity index (χ1v) is 4.73. The molecule has 1 N–H and O–H groups in total. The molecule has 1 rings (SSSR count). The van der Waals surface area contributed by atoms with Crippen LogP contribution in [-0.4, -0.2) is 33.6 Å². The Morgan fingerprint density at radius 1 is 1.31 bits per heavy atom. The Balaban J connectivity index is 3.16. The highest BCUT2D eigenvalue weighted by molar-refractivity contribution is 5.98. The molecule has 4 nitrogen and oxygen atoms in total. The number of Topliss-reactive ketones (excluding diaryl/α,β-unsaturated/α-hetero) is 1. The van der Waals surface area contributed by atoms with Crippen LogP contribution in [0.3, 0.4) is 0 Å². The topological polar surface area (TPSA) is 47.6 Å². The molecule has 0 bridgehead atoms. The molecule has 1 aromatic carbocycles. The molecule has 0 unspecified atom stereocenters. The fourth-order valence-electron chi connectivity index (χ4n) is 1.29. The van der Waals surface area contributed by atoms with Crippen LogP contribution in [0.5, 0.6) is 11.5 Å². The quantitative estimate of drug-likeness (QED) is 0.769. The Labute approximate surface area is 93.4 Å². The van der Waals surface area contributed by atoms with E-state index in [2.05, 4.69) is 5.32 Å². The standard InChI is InChI=1S/C11H14FNO3/c1-13-6-8(14)7-4-9(15-2)11(12)10(5-7)16-3/h4-5,13H,6H2,1-3H3. The van der Waals surface area contributed by atoms with Crippen LogP contribution < -0.4 is 14.8 Å². The Hall–Kier alpha value is -1.62. The third-order valence-electron chi connectivity index (χ3n) is 2.10. The summed E-state index contributed by atoms with van der Waals surface area (Å²) < 4.78 is 23.2. The van der Waals surface area contributed by atoms with Gasteiger partial charge in [0.05, 0.1) is 20.8 Å². The van der Waals surface area contributed by atoms with Crippen LogP contribution in [-0.2, 0) is 0 Å². The minimum absolute atomic E-state index is 0.00111. The molecule has 0 aliphatic heterocycles. The number of hydrogen-bond donors (Lipinski definition) is 1. The van der Waals surface area contributed by atoms with E-state index >= 15 is 0 Å². The lowest BCUT2D eigenvalue weighted by molar-refractivity contribution is 0.0992. The highest BCUT2D eigenvalue weighted by Crippen LogP contribution is 2.28. The summed E-state index contributed by atoms with van der Waals surface area (Å²) in [5.74, 6) is -0.761. The molecular weight excluding hydrogens is 213 g/mol. The molecule has 0 radical (unpaired) electrons. The SMILES string of the molecule is CNCC(=O)c1cc(OC)c(F)c(OC)c1. The first kappa shape index (κ1) is 12.4. The van der Waals surface area contributed by atoms with E-state index in [0.29, 0.717) is 5.56 Å². The second kappa shape index (κ2) is 5.46. The third kappa shape index (κ3) is 2.49. The maximum Gasteiger partial charge on any atom is 0.206 e. The van der Waals surface area contributed by atoms with Crippen molar-refractivity contribution in [1.82, 2.24) is 5.32 Å². The van der Waals surface area contributed by atoms with Crippen molar-refractivity contribution in [3.63, 3.8) is 0 Å². The van der Waals surface area contributed by atoms with Crippen LogP contribution in [0.15, 0.2) is 12.1 Å². The van der Waals surface area contributed by atoms with Crippen molar-refractivity contribution in [2.45, 2.75) is 0 Å². The van der Waals surface area contributed by atoms with Crippen LogP contribution in [0, 0.1) is 5.82 Å². The van der Waals surface area contributed by atoms with Gasteiger partial charge >= 0.3 is 0 Å². The van der Waals surface area contributed by atoms with Crippen molar-refractivity contribution >= 4 is 5.78 Å². The molecule has 0 aromatic heterocycles. The van der Waals surface area contributed by atoms with Crippen molar-refractivity contribution in [3.8, 4) is 11.5 Å². The largest absolute Gasteiger partial charge is 0.494 e. The zero-order valence-corrected chi connectivity index (χ0v) is 9.46. The molecule has 0 saturated carbocycles. The van der Waals surface area contributed by atoms with Gasteiger partial charge in [0, 0.05) is 5.56 Å². The van der Waals surface area contributed by atoms with E-state index < -0.39 is 5.82 Å². The van der Waals surface area contributed by atoms with E-state index in [1.165, 1.54) is 26.4 Å². The van der Waals surface area contributed by atoms with Gasteiger partial charge in [0.15, 0.2) is 17.3 Å². The number of benzene rings is 1. The summed E-state index contributed by atoms with van der Waals surface area (Å²) in [4.78, 5) is 11.6. The zero-order valence-electron chi connectivity index (χ0n) is 9.46. The van der Waals surface area contributed by atoms with Gasteiger partial charge in [0.25, 0.3) is 0 Å². The lowest BCUT2D eigenvalue weighted by Gasteiger charge is -2.09. The average molecular weight is 227 g/mol. The molecule has 16 heavy (non-hydrogen) atoms. The summed E-state index contributed by atoms with van der Waals surface area (Å²) in [5.41, 5.74) is 0.351. The monoisotopic (exact) mass is 227 g/mol. The number of halogens is 1. The second-order valence-electron chi connectivity index (χ2n) is 3.15. The first-order valence-electron chi connectivity index (χ1n) is 4.73. The molecule has 0 saturated heterocycles. The van der Waals surface area contributed by atoms with E-state index in [1.54, 1.807) is 7.05 Å². The zero-order chi connectivity index (χ0) is 12.1. The number of likely N-dealkylation sites (N-methyl/N-ethyl adjacent to an activating group) is 1. The van der Waals surface area contributed by atoms with Gasteiger partial charge in [-0.3, -0.25) is 4.79 Å². The summed E-state index contributed by atoms with van der Waals surface area (Å²) >= 11 is 0. The minimum Gasteiger partial charge on any atom is -0.494 e. The number of rotatable bonds is 5. The van der Waals surface area contributed by atoms with Crippen LogP contribution in [0.4, 0.5) is 4.39 Å². The third-order valence-corrected chi connectivity index (χ3v) is 2.10. The Morgan fingerprint density at radius 3 is 2.19 bits per heavy atom. The average Bonchev–Trinajstić information content (AvgIpc) is 2.29. The number of nitrogens with one attached hydrogen (secondary N) is 1. The summed E-state index contributed by atoms with van der Waals surface area (Å²) in [5, 5.41) is 2.73. The van der Waals surface area contributed by atoms with Crippen LogP contribution in [0.25, 0.3) is 0 Å². The van der Waals surface area contributed by atoms with Crippen LogP contribution in [0.2, 0.25) is 0 Å². The molecule has 1 aromatic rings. The van der Waals surface area contributed by atoms with Gasteiger partial charge in [-0.15, -0.1) is 0 Å². The van der Waals surface area contributed by atoms with Crippen molar-refractivity contribution in [3.05, 3.63) is 23.5 Å². The Bertz CT molecular complexity index is 368. The lowest BCUT2D eigenvalue weighted by Crippen LogP contribution is -2.18. The molecule has 0 aliphatic rings. The van der Waals surface area contributed by atoms with Crippen molar-refractivity contribution in [2.75, 3.05) is 27.8 Å². The fraction of sp³-hybridized carbons (Fsp3) is 0.364. The number of ether oxygens (including phenoxy) is 2. The van der Waals surface area contributed by atoms with Crippen molar-refractivity contribution < 1.29 is 18.7 Å². The molecule has 0 atom stereocenters. The van der Waals surface area contributed by atoms with Crippen LogP contribution in [0.1, 0.15) is 10.4 Å². The Kier molecular flexibility index (Phi) is 4.25. The second-order valence-corrected chi connectivity index (χ2v) is 3.15. The van der Waals surface area contributed by atoms with Crippen molar-refractivity contribution in [2.24, 2.45) is 0 Å². The van der Waals surface area contributed by atoms with Gasteiger partial charge in [-0.05, 0) is 19.2 Å². The predicted molar refractivity (Wildman–Crippen MR) is 57.8 cm³/mol. The van der Waals surface area contributed by atoms with E-state index in [9.17, 15) is 9.18 Å². The highest BCUT2D eigenvalue weighted by Gasteiger charge is 2.15. The summed E-state index contributed by atoms with van der Waals surface area (Å²) in [6.45, 7) is 0.179. The number of carbonyl (C=O) groups is 1. The molecule has 5 heteroatoms. The maximum atomic E-state index is 13.5. The molecule has 0 spiro atoms. The molecule has 0 aliphatic carbocycles. The molecular formula is C11H14FNO3. The van der Waals surface area contributed by atoms with Gasteiger partial charge in [-0.2, -0.15) is 4.39 Å². The number of methoxy groups -OCH3 is 2. The summed E-state index contributed by atoms with van der Waals surface area (Å²) in [6.07, 6.45) is 0. The Morgan fingerprint density at radius 2 is 1.81 bits per heavy atom.